The van der Waals surface area contributed by atoms with E-state index in [-0.39, 0.29) is 22.1 Å². The maximum Gasteiger partial charge on any atom is 0.327 e. The van der Waals surface area contributed by atoms with Gasteiger partial charge in [-0.3, -0.25) is 4.79 Å². The molecule has 1 N–H and O–H groups in total. The molecule has 2 rings (SSSR count). The van der Waals surface area contributed by atoms with Crippen LogP contribution in [0.2, 0.25) is 0 Å². The first-order chi connectivity index (χ1) is 6.29. The van der Waals surface area contributed by atoms with Gasteiger partial charge in [0.25, 0.3) is 0 Å². The minimum absolute atomic E-state index is 0.254. The second-order valence-corrected chi connectivity index (χ2v) is 4.43. The number of esters is 1. The highest BCUT2D eigenvalue weighted by Crippen LogP contribution is 2.37. The van der Waals surface area contributed by atoms with Gasteiger partial charge in [0.15, 0.2) is 0 Å². The molecule has 1 aromatic heterocycles. The topological polar surface area (TPSA) is 80.8 Å². The molecule has 2 heterocycles. The smallest absolute Gasteiger partial charge is 0.327 e. The first kappa shape index (κ1) is 8.24. The molecule has 69 valence electrons. The molecule has 13 heavy (non-hydrogen) atoms. The normalized spacial score (nSPS) is 21.1. The number of nitrogens with one attached hydrogen (secondary N) is 1. The molecule has 1 unspecified atom stereocenters. The summed E-state index contributed by atoms with van der Waals surface area (Å²) in [5.41, 5.74) is 0. The Hall–Kier alpha value is -1.37. The van der Waals surface area contributed by atoms with E-state index in [1.54, 1.807) is 6.08 Å². The van der Waals surface area contributed by atoms with Crippen LogP contribution in [-0.2, 0) is 9.53 Å². The van der Waals surface area contributed by atoms with E-state index in [0.29, 0.717) is 5.16 Å². The van der Waals surface area contributed by atoms with Gasteiger partial charge in [0.2, 0.25) is 5.16 Å². The number of cyclic esters (lactones) is 1. The van der Waals surface area contributed by atoms with Crippen molar-refractivity contribution in [2.45, 2.75) is 10.4 Å². The lowest BCUT2D eigenvalue weighted by atomic mass is 10.5. The number of aromatic amines is 1. The van der Waals surface area contributed by atoms with Crippen molar-refractivity contribution in [3.05, 3.63) is 12.3 Å². The molecule has 0 amide bonds. The molecule has 0 aromatic carbocycles. The van der Waals surface area contributed by atoms with Gasteiger partial charge < -0.3 is 4.74 Å². The second-order valence-electron chi connectivity index (χ2n) is 2.44. The molecule has 1 aromatic rings. The molecule has 0 spiro atoms. The predicted molar refractivity (Wildman–Crippen MR) is 45.0 cm³/mol. The lowest BCUT2D eigenvalue weighted by molar-refractivity contribution is -0.134. The van der Waals surface area contributed by atoms with Crippen LogP contribution in [0.4, 0.5) is 0 Å². The highest BCUT2D eigenvalue weighted by Gasteiger charge is 2.29. The van der Waals surface area contributed by atoms with Crippen LogP contribution in [0.1, 0.15) is 0 Å². The van der Waals surface area contributed by atoms with Gasteiger partial charge in [-0.15, -0.1) is 21.1 Å². The fourth-order valence-corrected chi connectivity index (χ4v) is 2.21. The maximum atomic E-state index is 11.1. The van der Waals surface area contributed by atoms with Gasteiger partial charge in [0.1, 0.15) is 5.25 Å². The predicted octanol–water partition coefficient (Wildman–Crippen LogP) is -0.104. The minimum atomic E-state index is -0.385. The molecule has 1 atom stereocenters. The Morgan fingerprint density at radius 1 is 1.69 bits per heavy atom. The summed E-state index contributed by atoms with van der Waals surface area (Å²) < 4.78 is 4.69. The molecule has 7 heteroatoms. The van der Waals surface area contributed by atoms with Gasteiger partial charge in [-0.1, -0.05) is 0 Å². The van der Waals surface area contributed by atoms with E-state index in [2.05, 4.69) is 25.4 Å². The SMILES string of the molecule is C[S](c1nn[nH]n1)C1C=COC1=O. The van der Waals surface area contributed by atoms with Gasteiger partial charge in [0.05, 0.1) is 6.26 Å². The van der Waals surface area contributed by atoms with Crippen molar-refractivity contribution in [1.82, 2.24) is 20.6 Å². The van der Waals surface area contributed by atoms with E-state index in [4.69, 9.17) is 0 Å². The summed E-state index contributed by atoms with van der Waals surface area (Å²) in [4.78, 5) is 11.1. The van der Waals surface area contributed by atoms with Crippen LogP contribution >= 0.6 is 10.9 Å². The van der Waals surface area contributed by atoms with Crippen molar-refractivity contribution in [1.29, 1.82) is 0 Å². The fourth-order valence-electron chi connectivity index (χ4n) is 0.988. The summed E-state index contributed by atoms with van der Waals surface area (Å²) in [6, 6.07) is 0. The fraction of sp³-hybridized carbons (Fsp3) is 0.333. The zero-order valence-corrected chi connectivity index (χ0v) is 7.61. The molecule has 0 saturated carbocycles. The first-order valence-corrected chi connectivity index (χ1v) is 5.24. The van der Waals surface area contributed by atoms with Gasteiger partial charge in [-0.25, -0.2) is 0 Å². The summed E-state index contributed by atoms with van der Waals surface area (Å²) in [7, 11) is -0.385. The highest BCUT2D eigenvalue weighted by molar-refractivity contribution is 8.17. The summed E-state index contributed by atoms with van der Waals surface area (Å²) in [5.74, 6) is -0.254. The summed E-state index contributed by atoms with van der Waals surface area (Å²) in [6.07, 6.45) is 4.99. The zero-order valence-electron chi connectivity index (χ0n) is 6.80. The molecule has 1 aliphatic heterocycles. The Bertz CT molecular complexity index is 336. The lowest BCUT2D eigenvalue weighted by Crippen LogP contribution is -2.15. The number of carbonyl (C=O) groups is 1. The van der Waals surface area contributed by atoms with Gasteiger partial charge in [-0.2, -0.15) is 5.21 Å². The van der Waals surface area contributed by atoms with Crippen LogP contribution in [-0.4, -0.2) is 38.1 Å². The number of nitrogens with zero attached hydrogens (tertiary/aromatic N) is 3. The van der Waals surface area contributed by atoms with Crippen molar-refractivity contribution < 1.29 is 9.53 Å². The van der Waals surface area contributed by atoms with Crippen LogP contribution in [0.5, 0.6) is 0 Å². The van der Waals surface area contributed by atoms with Crippen molar-refractivity contribution in [3.8, 4) is 0 Å². The Labute approximate surface area is 76.7 Å². The first-order valence-electron chi connectivity index (χ1n) is 3.54. The summed E-state index contributed by atoms with van der Waals surface area (Å²) >= 11 is 0. The molecule has 0 fully saturated rings. The molecule has 0 saturated heterocycles. The molecular formula is C6H7N4O2S. The van der Waals surface area contributed by atoms with Crippen LogP contribution in [0.25, 0.3) is 0 Å². The van der Waals surface area contributed by atoms with E-state index in [0.717, 1.165) is 0 Å². The number of hydrogen-bond donors (Lipinski definition) is 1. The van der Waals surface area contributed by atoms with Crippen molar-refractivity contribution in [3.63, 3.8) is 0 Å². The average molecular weight is 199 g/mol. The second kappa shape index (κ2) is 3.17. The summed E-state index contributed by atoms with van der Waals surface area (Å²) in [5, 5.41) is 13.7. The average Bonchev–Trinajstić information content (AvgIpc) is 2.72. The highest BCUT2D eigenvalue weighted by atomic mass is 32.2. The van der Waals surface area contributed by atoms with Crippen LogP contribution < -0.4 is 0 Å². The van der Waals surface area contributed by atoms with Crippen LogP contribution in [0.15, 0.2) is 17.5 Å². The number of tetrazole rings is 1. The molecule has 1 aliphatic rings. The Morgan fingerprint density at radius 3 is 3.08 bits per heavy atom. The lowest BCUT2D eigenvalue weighted by Gasteiger charge is -2.12. The number of H-pyrrole nitrogens is 1. The summed E-state index contributed by atoms with van der Waals surface area (Å²) in [6.45, 7) is 0. The molecule has 0 aliphatic carbocycles. The Kier molecular flexibility index (Phi) is 2.01. The number of carbonyl (C=O) groups excluding carboxylic acids is 1. The van der Waals surface area contributed by atoms with Crippen LogP contribution in [0, 0.1) is 0 Å². The Balaban J connectivity index is 2.17. The third-order valence-electron chi connectivity index (χ3n) is 1.66. The van der Waals surface area contributed by atoms with E-state index in [1.807, 2.05) is 6.26 Å². The Morgan fingerprint density at radius 2 is 2.54 bits per heavy atom. The minimum Gasteiger partial charge on any atom is -0.434 e. The van der Waals surface area contributed by atoms with Crippen molar-refractivity contribution in [2.24, 2.45) is 0 Å². The largest absolute Gasteiger partial charge is 0.434 e. The molecule has 1 radical (unpaired) electrons. The number of aromatic nitrogens is 4. The van der Waals surface area contributed by atoms with Gasteiger partial charge in [-0.05, 0) is 17.5 Å². The van der Waals surface area contributed by atoms with E-state index in [1.165, 1.54) is 6.26 Å². The third-order valence-corrected chi connectivity index (χ3v) is 3.52. The zero-order chi connectivity index (χ0) is 9.26. The molecule has 6 nitrogen and oxygen atoms in total. The third kappa shape index (κ3) is 1.42. The van der Waals surface area contributed by atoms with Gasteiger partial charge in [0, 0.05) is 0 Å². The number of ether oxygens (including phenoxy) is 1. The number of hydrogen-bond acceptors (Lipinski definition) is 5. The van der Waals surface area contributed by atoms with Crippen LogP contribution in [0.3, 0.4) is 0 Å². The van der Waals surface area contributed by atoms with Crippen molar-refractivity contribution in [2.75, 3.05) is 6.26 Å². The van der Waals surface area contributed by atoms with Gasteiger partial charge >= 0.3 is 5.97 Å². The molecule has 0 bridgehead atoms. The molecular weight excluding hydrogens is 192 g/mol. The van der Waals surface area contributed by atoms with E-state index >= 15 is 0 Å². The van der Waals surface area contributed by atoms with E-state index in [9.17, 15) is 4.79 Å². The standard InChI is InChI=1S/C6H7N4O2S/c1-13(6-7-9-10-8-6)4-2-3-12-5(4)11/h2-4H,1H3,(H,7,8,9,10). The van der Waals surface area contributed by atoms with E-state index < -0.39 is 0 Å². The monoisotopic (exact) mass is 199 g/mol. The quantitative estimate of drug-likeness (QED) is 0.672. The van der Waals surface area contributed by atoms with Crippen molar-refractivity contribution >= 4 is 16.9 Å². The maximum absolute atomic E-state index is 11.1. The number of rotatable bonds is 2.